The minimum atomic E-state index is -1.97. The second-order valence-electron chi connectivity index (χ2n) is 2.97. The van der Waals surface area contributed by atoms with E-state index in [-0.39, 0.29) is 11.2 Å². The summed E-state index contributed by atoms with van der Waals surface area (Å²) in [6.07, 6.45) is 1.16. The summed E-state index contributed by atoms with van der Waals surface area (Å²) in [6, 6.07) is 0. The Hall–Kier alpha value is -0.420. The minimum absolute atomic E-state index is 0.0325. The van der Waals surface area contributed by atoms with E-state index in [1.54, 1.807) is 4.90 Å². The molecule has 0 spiro atoms. The van der Waals surface area contributed by atoms with Crippen LogP contribution >= 0.6 is 0 Å². The molecule has 12 heavy (non-hydrogen) atoms. The van der Waals surface area contributed by atoms with Crippen molar-refractivity contribution < 1.29 is 13.6 Å². The number of amides is 1. The molecule has 1 heterocycles. The second kappa shape index (κ2) is 4.00. The van der Waals surface area contributed by atoms with E-state index in [1.165, 1.54) is 6.92 Å². The summed E-state index contributed by atoms with van der Waals surface area (Å²) in [6.45, 7) is 2.66. The van der Waals surface area contributed by atoms with Crippen LogP contribution in [0.15, 0.2) is 0 Å². The van der Waals surface area contributed by atoms with Crippen LogP contribution in [0.5, 0.6) is 0 Å². The molecule has 0 radical (unpaired) electrons. The zero-order chi connectivity index (χ0) is 9.14. The van der Waals surface area contributed by atoms with Crippen LogP contribution in [0.25, 0.3) is 0 Å². The van der Waals surface area contributed by atoms with E-state index in [0.717, 1.165) is 0 Å². The normalized spacial score (nSPS) is 22.3. The molecule has 0 bridgehead atoms. The molecule has 0 aliphatic carbocycles. The second-order valence-corrected chi connectivity index (χ2v) is 4.15. The molecule has 0 aromatic carbocycles. The molecule has 4 nitrogen and oxygen atoms in total. The minimum Gasteiger partial charge on any atom is -0.772 e. The van der Waals surface area contributed by atoms with Crippen LogP contribution in [0, 0.1) is 0 Å². The van der Waals surface area contributed by atoms with E-state index in [2.05, 4.69) is 0 Å². The number of hydrogen-bond acceptors (Lipinski definition) is 3. The molecule has 1 aliphatic heterocycles. The monoisotopic (exact) mass is 190 g/mol. The van der Waals surface area contributed by atoms with Crippen molar-refractivity contribution in [3.8, 4) is 0 Å². The van der Waals surface area contributed by atoms with E-state index in [0.29, 0.717) is 25.9 Å². The van der Waals surface area contributed by atoms with Crippen molar-refractivity contribution in [2.75, 3.05) is 13.1 Å². The quantitative estimate of drug-likeness (QED) is 0.541. The number of rotatable bonds is 1. The van der Waals surface area contributed by atoms with Gasteiger partial charge in [-0.05, 0) is 12.8 Å². The molecule has 0 aromatic rings. The lowest BCUT2D eigenvalue weighted by atomic mass is 10.1. The first-order valence-corrected chi connectivity index (χ1v) is 5.08. The first-order chi connectivity index (χ1) is 5.61. The number of carbonyl (C=O) groups is 1. The molecule has 0 aromatic heterocycles. The molecule has 0 N–H and O–H groups in total. The standard InChI is InChI=1S/C7H13NO3S/c1-6(9)8-4-2-7(3-5-8)12(10)11/h7H,2-5H2,1H3,(H,10,11)/p-1. The van der Waals surface area contributed by atoms with Crippen molar-refractivity contribution in [2.24, 2.45) is 0 Å². The van der Waals surface area contributed by atoms with Gasteiger partial charge in [-0.25, -0.2) is 0 Å². The Bertz CT molecular complexity index is 177. The first-order valence-electron chi connectivity index (χ1n) is 3.95. The van der Waals surface area contributed by atoms with Crippen LogP contribution in [-0.4, -0.2) is 37.9 Å². The summed E-state index contributed by atoms with van der Waals surface area (Å²) < 4.78 is 21.1. The van der Waals surface area contributed by atoms with Gasteiger partial charge in [0.2, 0.25) is 5.91 Å². The van der Waals surface area contributed by atoms with Crippen LogP contribution in [0.1, 0.15) is 19.8 Å². The van der Waals surface area contributed by atoms with E-state index in [1.807, 2.05) is 0 Å². The largest absolute Gasteiger partial charge is 0.772 e. The number of likely N-dealkylation sites (tertiary alicyclic amines) is 1. The summed E-state index contributed by atoms with van der Waals surface area (Å²) in [5.74, 6) is 0.0325. The van der Waals surface area contributed by atoms with Crippen molar-refractivity contribution in [3.63, 3.8) is 0 Å². The van der Waals surface area contributed by atoms with Gasteiger partial charge in [0.15, 0.2) is 0 Å². The SMILES string of the molecule is CC(=O)N1CCC(S(=O)[O-])CC1. The van der Waals surface area contributed by atoms with Crippen LogP contribution in [0.2, 0.25) is 0 Å². The van der Waals surface area contributed by atoms with Crippen molar-refractivity contribution >= 4 is 17.0 Å². The van der Waals surface area contributed by atoms with E-state index in [4.69, 9.17) is 0 Å². The molecule has 1 unspecified atom stereocenters. The van der Waals surface area contributed by atoms with Crippen molar-refractivity contribution in [1.82, 2.24) is 4.90 Å². The van der Waals surface area contributed by atoms with Crippen LogP contribution in [0.3, 0.4) is 0 Å². The molecule has 70 valence electrons. The summed E-state index contributed by atoms with van der Waals surface area (Å²) in [4.78, 5) is 12.5. The average molecular weight is 190 g/mol. The van der Waals surface area contributed by atoms with Gasteiger partial charge in [-0.1, -0.05) is 11.1 Å². The molecule has 5 heteroatoms. The lowest BCUT2D eigenvalue weighted by Gasteiger charge is -2.32. The zero-order valence-electron chi connectivity index (χ0n) is 6.99. The fourth-order valence-corrected chi connectivity index (χ4v) is 1.96. The van der Waals surface area contributed by atoms with Crippen molar-refractivity contribution in [1.29, 1.82) is 0 Å². The zero-order valence-corrected chi connectivity index (χ0v) is 7.80. The molecule has 1 aliphatic rings. The summed E-state index contributed by atoms with van der Waals surface area (Å²) in [5, 5.41) is -0.249. The van der Waals surface area contributed by atoms with Gasteiger partial charge < -0.3 is 9.45 Å². The molecular formula is C7H12NO3S-. The van der Waals surface area contributed by atoms with Crippen LogP contribution in [0.4, 0.5) is 0 Å². The van der Waals surface area contributed by atoms with Gasteiger partial charge in [0.1, 0.15) is 0 Å². The van der Waals surface area contributed by atoms with Gasteiger partial charge in [0, 0.05) is 25.3 Å². The third kappa shape index (κ3) is 2.28. The number of nitrogens with zero attached hydrogens (tertiary/aromatic N) is 1. The maximum Gasteiger partial charge on any atom is 0.219 e. The van der Waals surface area contributed by atoms with Crippen LogP contribution < -0.4 is 0 Å². The summed E-state index contributed by atoms with van der Waals surface area (Å²) in [7, 11) is 0. The fraction of sp³-hybridized carbons (Fsp3) is 0.857. The smallest absolute Gasteiger partial charge is 0.219 e. The Morgan fingerprint density at radius 1 is 1.50 bits per heavy atom. The average Bonchev–Trinajstić information content (AvgIpc) is 2.04. The molecule has 0 saturated carbocycles. The molecule has 1 saturated heterocycles. The maximum atomic E-state index is 10.8. The molecule has 1 atom stereocenters. The highest BCUT2D eigenvalue weighted by atomic mass is 32.2. The highest BCUT2D eigenvalue weighted by molar-refractivity contribution is 7.79. The van der Waals surface area contributed by atoms with E-state index in [9.17, 15) is 13.6 Å². The Balaban J connectivity index is 2.39. The lowest BCUT2D eigenvalue weighted by molar-refractivity contribution is -0.129. The Kier molecular flexibility index (Phi) is 3.22. The van der Waals surface area contributed by atoms with Gasteiger partial charge in [0.05, 0.1) is 0 Å². The molecule has 1 fully saturated rings. The predicted molar refractivity (Wildman–Crippen MR) is 44.2 cm³/mol. The van der Waals surface area contributed by atoms with Crippen molar-refractivity contribution in [2.45, 2.75) is 25.0 Å². The third-order valence-electron chi connectivity index (χ3n) is 2.16. The Labute approximate surface area is 74.2 Å². The topological polar surface area (TPSA) is 60.4 Å². The highest BCUT2D eigenvalue weighted by Crippen LogP contribution is 2.14. The van der Waals surface area contributed by atoms with E-state index < -0.39 is 11.1 Å². The van der Waals surface area contributed by atoms with E-state index >= 15 is 0 Å². The van der Waals surface area contributed by atoms with Gasteiger partial charge in [0.25, 0.3) is 0 Å². The number of piperidine rings is 1. The molecule has 1 rings (SSSR count). The Morgan fingerprint density at radius 3 is 2.33 bits per heavy atom. The fourth-order valence-electron chi connectivity index (χ4n) is 1.36. The van der Waals surface area contributed by atoms with Gasteiger partial charge >= 0.3 is 0 Å². The molecule has 1 amide bonds. The maximum absolute atomic E-state index is 10.8. The third-order valence-corrected chi connectivity index (χ3v) is 3.18. The first kappa shape index (κ1) is 9.67. The lowest BCUT2D eigenvalue weighted by Crippen LogP contribution is -2.40. The molecular weight excluding hydrogens is 178 g/mol. The van der Waals surface area contributed by atoms with Gasteiger partial charge in [-0.2, -0.15) is 0 Å². The number of hydrogen-bond donors (Lipinski definition) is 0. The van der Waals surface area contributed by atoms with Crippen LogP contribution in [-0.2, 0) is 15.9 Å². The van der Waals surface area contributed by atoms with Gasteiger partial charge in [-0.15, -0.1) is 0 Å². The Morgan fingerprint density at radius 2 is 2.00 bits per heavy atom. The highest BCUT2D eigenvalue weighted by Gasteiger charge is 2.20. The summed E-state index contributed by atoms with van der Waals surface area (Å²) >= 11 is -1.97. The van der Waals surface area contributed by atoms with Gasteiger partial charge in [-0.3, -0.25) is 9.00 Å². The number of carbonyl (C=O) groups excluding carboxylic acids is 1. The van der Waals surface area contributed by atoms with Crippen molar-refractivity contribution in [3.05, 3.63) is 0 Å². The summed E-state index contributed by atoms with van der Waals surface area (Å²) in [5.41, 5.74) is 0. The predicted octanol–water partition coefficient (Wildman–Crippen LogP) is -0.124.